The Morgan fingerprint density at radius 1 is 1.00 bits per heavy atom. The van der Waals surface area contributed by atoms with Crippen LogP contribution in [0.5, 0.6) is 0 Å². The second-order valence-corrected chi connectivity index (χ2v) is 7.65. The molecule has 1 saturated heterocycles. The number of nitrogens with one attached hydrogen (secondary N) is 1. The number of nitrogens with zero attached hydrogens (tertiary/aromatic N) is 1. The van der Waals surface area contributed by atoms with Crippen molar-refractivity contribution in [2.75, 3.05) is 13.1 Å². The standard InChI is InChI=1S/C21H24N2O3S/c24-17(18-11-7-15-27-18)10-6-12-19(25)22-20(16-8-2-1-3-9-16)21(26)23-13-4-5-14-23/h1-3,7-9,11,15,20H,4-6,10,12-14H2,(H,22,25)/t20-/m0/s1. The van der Waals surface area contributed by atoms with Crippen LogP contribution in [0.25, 0.3) is 0 Å². The van der Waals surface area contributed by atoms with E-state index in [-0.39, 0.29) is 24.0 Å². The van der Waals surface area contributed by atoms with Crippen LogP contribution in [-0.4, -0.2) is 35.6 Å². The van der Waals surface area contributed by atoms with E-state index in [2.05, 4.69) is 5.32 Å². The third-order valence-corrected chi connectivity index (χ3v) is 5.62. The van der Waals surface area contributed by atoms with Crippen LogP contribution in [0.2, 0.25) is 0 Å². The molecule has 1 N–H and O–H groups in total. The van der Waals surface area contributed by atoms with Crippen LogP contribution in [0.4, 0.5) is 0 Å². The van der Waals surface area contributed by atoms with Gasteiger partial charge in [0.15, 0.2) is 5.78 Å². The van der Waals surface area contributed by atoms with Crippen molar-refractivity contribution in [2.24, 2.45) is 0 Å². The van der Waals surface area contributed by atoms with E-state index in [1.165, 1.54) is 11.3 Å². The van der Waals surface area contributed by atoms with Crippen LogP contribution in [0.3, 0.4) is 0 Å². The molecule has 0 radical (unpaired) electrons. The lowest BCUT2D eigenvalue weighted by Crippen LogP contribution is -2.41. The van der Waals surface area contributed by atoms with Gasteiger partial charge in [-0.25, -0.2) is 0 Å². The van der Waals surface area contributed by atoms with Crippen LogP contribution >= 0.6 is 11.3 Å². The van der Waals surface area contributed by atoms with Crippen LogP contribution < -0.4 is 5.32 Å². The zero-order valence-corrected chi connectivity index (χ0v) is 16.0. The maximum Gasteiger partial charge on any atom is 0.249 e. The first-order valence-electron chi connectivity index (χ1n) is 9.35. The van der Waals surface area contributed by atoms with Gasteiger partial charge in [0.25, 0.3) is 0 Å². The summed E-state index contributed by atoms with van der Waals surface area (Å²) < 4.78 is 0. The van der Waals surface area contributed by atoms with E-state index >= 15 is 0 Å². The van der Waals surface area contributed by atoms with Gasteiger partial charge >= 0.3 is 0 Å². The maximum atomic E-state index is 12.9. The molecular weight excluding hydrogens is 360 g/mol. The molecular formula is C21H24N2O3S. The SMILES string of the molecule is O=C(CCCC(=O)c1cccs1)N[C@H](C(=O)N1CCCC1)c1ccccc1. The molecule has 1 aliphatic rings. The molecule has 6 heteroatoms. The molecule has 2 aromatic rings. The highest BCUT2D eigenvalue weighted by Crippen LogP contribution is 2.20. The predicted molar refractivity (Wildman–Crippen MR) is 106 cm³/mol. The molecule has 3 rings (SSSR count). The van der Waals surface area contributed by atoms with Gasteiger partial charge in [0.2, 0.25) is 11.8 Å². The van der Waals surface area contributed by atoms with Crippen LogP contribution in [0.15, 0.2) is 47.8 Å². The van der Waals surface area contributed by atoms with E-state index in [9.17, 15) is 14.4 Å². The fourth-order valence-corrected chi connectivity index (χ4v) is 3.95. The molecule has 27 heavy (non-hydrogen) atoms. The Hall–Kier alpha value is -2.47. The van der Waals surface area contributed by atoms with Gasteiger partial charge in [-0.2, -0.15) is 0 Å². The van der Waals surface area contributed by atoms with Crippen molar-refractivity contribution in [1.82, 2.24) is 10.2 Å². The lowest BCUT2D eigenvalue weighted by molar-refractivity contribution is -0.135. The molecule has 1 atom stereocenters. The largest absolute Gasteiger partial charge is 0.341 e. The summed E-state index contributed by atoms with van der Waals surface area (Å²) in [4.78, 5) is 39.9. The van der Waals surface area contributed by atoms with Gasteiger partial charge in [-0.1, -0.05) is 36.4 Å². The lowest BCUT2D eigenvalue weighted by atomic mass is 10.0. The van der Waals surface area contributed by atoms with Crippen molar-refractivity contribution in [3.8, 4) is 0 Å². The second-order valence-electron chi connectivity index (χ2n) is 6.70. The fraction of sp³-hybridized carbons (Fsp3) is 0.381. The van der Waals surface area contributed by atoms with Crippen molar-refractivity contribution in [3.63, 3.8) is 0 Å². The average Bonchev–Trinajstić information content (AvgIpc) is 3.40. The molecule has 5 nitrogen and oxygen atoms in total. The third kappa shape index (κ3) is 5.26. The first-order chi connectivity index (χ1) is 13.1. The molecule has 0 spiro atoms. The van der Waals surface area contributed by atoms with E-state index in [0.717, 1.165) is 36.4 Å². The Kier molecular flexibility index (Phi) is 6.76. The molecule has 2 heterocycles. The first kappa shape index (κ1) is 19.3. The summed E-state index contributed by atoms with van der Waals surface area (Å²) in [6.45, 7) is 1.49. The van der Waals surface area contributed by atoms with Crippen molar-refractivity contribution in [2.45, 2.75) is 38.1 Å². The Bertz CT molecular complexity index is 768. The van der Waals surface area contributed by atoms with E-state index in [1.807, 2.05) is 46.7 Å². The number of hydrogen-bond acceptors (Lipinski definition) is 4. The highest BCUT2D eigenvalue weighted by Gasteiger charge is 2.28. The summed E-state index contributed by atoms with van der Waals surface area (Å²) in [5, 5.41) is 4.75. The number of likely N-dealkylation sites (tertiary alicyclic amines) is 1. The minimum atomic E-state index is -0.662. The van der Waals surface area contributed by atoms with Crippen molar-refractivity contribution >= 4 is 28.9 Å². The van der Waals surface area contributed by atoms with Gasteiger partial charge < -0.3 is 10.2 Å². The normalized spacial score (nSPS) is 14.7. The summed E-state index contributed by atoms with van der Waals surface area (Å²) in [6, 6.07) is 12.3. The van der Waals surface area contributed by atoms with Gasteiger partial charge in [-0.3, -0.25) is 14.4 Å². The Morgan fingerprint density at radius 2 is 1.74 bits per heavy atom. The Balaban J connectivity index is 1.57. The van der Waals surface area contributed by atoms with E-state index < -0.39 is 6.04 Å². The highest BCUT2D eigenvalue weighted by molar-refractivity contribution is 7.12. The number of carbonyl (C=O) groups is 3. The average molecular weight is 385 g/mol. The molecule has 1 fully saturated rings. The predicted octanol–water partition coefficient (Wildman–Crippen LogP) is 3.58. The van der Waals surface area contributed by atoms with Gasteiger partial charge in [0.05, 0.1) is 4.88 Å². The molecule has 1 aliphatic heterocycles. The minimum Gasteiger partial charge on any atom is -0.341 e. The molecule has 1 aromatic heterocycles. The number of carbonyl (C=O) groups excluding carboxylic acids is 3. The molecule has 0 unspecified atom stereocenters. The van der Waals surface area contributed by atoms with Crippen LogP contribution in [0, 0.1) is 0 Å². The van der Waals surface area contributed by atoms with Gasteiger partial charge in [0, 0.05) is 25.9 Å². The summed E-state index contributed by atoms with van der Waals surface area (Å²) in [5.41, 5.74) is 0.789. The number of amides is 2. The number of hydrogen-bond donors (Lipinski definition) is 1. The molecule has 0 aliphatic carbocycles. The zero-order valence-electron chi connectivity index (χ0n) is 15.2. The summed E-state index contributed by atoms with van der Waals surface area (Å²) in [6.07, 6.45) is 3.05. The smallest absolute Gasteiger partial charge is 0.249 e. The summed E-state index contributed by atoms with van der Waals surface area (Å²) >= 11 is 1.42. The number of thiophene rings is 1. The Labute approximate surface area is 163 Å². The second kappa shape index (κ2) is 9.46. The quantitative estimate of drug-likeness (QED) is 0.708. The Morgan fingerprint density at radius 3 is 2.41 bits per heavy atom. The topological polar surface area (TPSA) is 66.5 Å². The highest BCUT2D eigenvalue weighted by atomic mass is 32.1. The molecule has 0 bridgehead atoms. The summed E-state index contributed by atoms with van der Waals surface area (Å²) in [7, 11) is 0. The first-order valence-corrected chi connectivity index (χ1v) is 10.2. The number of ketones is 1. The third-order valence-electron chi connectivity index (χ3n) is 4.71. The summed E-state index contributed by atoms with van der Waals surface area (Å²) in [5.74, 6) is -0.192. The van der Waals surface area contributed by atoms with E-state index in [0.29, 0.717) is 12.8 Å². The zero-order chi connectivity index (χ0) is 19.1. The maximum absolute atomic E-state index is 12.9. The van der Waals surface area contributed by atoms with Crippen LogP contribution in [-0.2, 0) is 9.59 Å². The lowest BCUT2D eigenvalue weighted by Gasteiger charge is -2.24. The van der Waals surface area contributed by atoms with Gasteiger partial charge in [0.1, 0.15) is 6.04 Å². The monoisotopic (exact) mass is 384 g/mol. The fourth-order valence-electron chi connectivity index (χ4n) is 3.26. The van der Waals surface area contributed by atoms with Crippen molar-refractivity contribution in [3.05, 3.63) is 58.3 Å². The number of Topliss-reactive ketones (excluding diaryl/α,β-unsaturated/α-hetero) is 1. The minimum absolute atomic E-state index is 0.0540. The van der Waals surface area contributed by atoms with Crippen LogP contribution in [0.1, 0.15) is 53.4 Å². The van der Waals surface area contributed by atoms with E-state index in [4.69, 9.17) is 0 Å². The number of rotatable bonds is 8. The van der Waals surface area contributed by atoms with Crippen molar-refractivity contribution < 1.29 is 14.4 Å². The molecule has 0 saturated carbocycles. The van der Waals surface area contributed by atoms with Gasteiger partial charge in [-0.05, 0) is 36.3 Å². The van der Waals surface area contributed by atoms with Crippen molar-refractivity contribution in [1.29, 1.82) is 0 Å². The molecule has 1 aromatic carbocycles. The number of benzene rings is 1. The van der Waals surface area contributed by atoms with Gasteiger partial charge in [-0.15, -0.1) is 11.3 Å². The molecule has 142 valence electrons. The molecule has 2 amide bonds. The van der Waals surface area contributed by atoms with E-state index in [1.54, 1.807) is 6.07 Å².